The molecule has 1 saturated heterocycles. The normalized spacial score (nSPS) is 19.1. The number of rotatable bonds is 4. The van der Waals surface area contributed by atoms with E-state index in [1.807, 2.05) is 6.92 Å². The standard InChI is InChI=1S/C11H21NO2.ClH/c1-3-10(11(13)14-4-2)9-5-7-12-8-6-9;/h9-10,12H,3-8H2,1-2H3;1H. The van der Waals surface area contributed by atoms with E-state index in [-0.39, 0.29) is 24.3 Å². The Bertz CT molecular complexity index is 181. The molecule has 1 aliphatic heterocycles. The number of ether oxygens (including phenoxy) is 1. The van der Waals surface area contributed by atoms with E-state index in [9.17, 15) is 4.79 Å². The molecule has 3 nitrogen and oxygen atoms in total. The Morgan fingerprint density at radius 2 is 2.00 bits per heavy atom. The zero-order valence-corrected chi connectivity index (χ0v) is 10.4. The summed E-state index contributed by atoms with van der Waals surface area (Å²) >= 11 is 0. The summed E-state index contributed by atoms with van der Waals surface area (Å²) < 4.78 is 5.09. The smallest absolute Gasteiger partial charge is 0.309 e. The summed E-state index contributed by atoms with van der Waals surface area (Å²) in [4.78, 5) is 11.6. The Balaban J connectivity index is 0.00000196. The number of carbonyl (C=O) groups excluding carboxylic acids is 1. The predicted molar refractivity (Wildman–Crippen MR) is 63.3 cm³/mol. The summed E-state index contributed by atoms with van der Waals surface area (Å²) in [6.45, 7) is 6.53. The van der Waals surface area contributed by atoms with Gasteiger partial charge in [-0.2, -0.15) is 0 Å². The Morgan fingerprint density at radius 3 is 2.47 bits per heavy atom. The van der Waals surface area contributed by atoms with Gasteiger partial charge >= 0.3 is 5.97 Å². The zero-order chi connectivity index (χ0) is 10.4. The number of carbonyl (C=O) groups is 1. The van der Waals surface area contributed by atoms with Gasteiger partial charge in [0.2, 0.25) is 0 Å². The molecular formula is C11H22ClNO2. The molecule has 0 aromatic heterocycles. The second-order valence-electron chi connectivity index (χ2n) is 3.85. The van der Waals surface area contributed by atoms with E-state index < -0.39 is 0 Å². The minimum absolute atomic E-state index is 0. The van der Waals surface area contributed by atoms with Gasteiger partial charge in [-0.05, 0) is 45.2 Å². The fourth-order valence-electron chi connectivity index (χ4n) is 2.19. The lowest BCUT2D eigenvalue weighted by Crippen LogP contribution is -2.35. The molecule has 1 heterocycles. The molecule has 1 rings (SSSR count). The lowest BCUT2D eigenvalue weighted by atomic mass is 9.83. The average Bonchev–Trinajstić information content (AvgIpc) is 2.21. The first-order chi connectivity index (χ1) is 6.79. The van der Waals surface area contributed by atoms with Crippen molar-refractivity contribution in [2.45, 2.75) is 33.1 Å². The first kappa shape index (κ1) is 14.7. The van der Waals surface area contributed by atoms with E-state index in [1.165, 1.54) is 0 Å². The maximum atomic E-state index is 11.6. The number of hydrogen-bond acceptors (Lipinski definition) is 3. The first-order valence-corrected chi connectivity index (χ1v) is 5.66. The maximum Gasteiger partial charge on any atom is 0.309 e. The molecule has 0 aromatic rings. The summed E-state index contributed by atoms with van der Waals surface area (Å²) in [7, 11) is 0. The number of piperidine rings is 1. The summed E-state index contributed by atoms with van der Waals surface area (Å²) in [6, 6.07) is 0. The van der Waals surface area contributed by atoms with Crippen LogP contribution in [0.1, 0.15) is 33.1 Å². The summed E-state index contributed by atoms with van der Waals surface area (Å²) in [5, 5.41) is 3.31. The summed E-state index contributed by atoms with van der Waals surface area (Å²) in [6.07, 6.45) is 3.12. The van der Waals surface area contributed by atoms with Crippen molar-refractivity contribution in [1.29, 1.82) is 0 Å². The molecule has 0 saturated carbocycles. The Hall–Kier alpha value is -0.280. The molecule has 0 spiro atoms. The largest absolute Gasteiger partial charge is 0.466 e. The van der Waals surface area contributed by atoms with Gasteiger partial charge in [0.05, 0.1) is 12.5 Å². The van der Waals surface area contributed by atoms with Crippen LogP contribution < -0.4 is 5.32 Å². The van der Waals surface area contributed by atoms with Crippen molar-refractivity contribution in [3.63, 3.8) is 0 Å². The average molecular weight is 236 g/mol. The second kappa shape index (κ2) is 7.94. The predicted octanol–water partition coefficient (Wildman–Crippen LogP) is 2.00. The van der Waals surface area contributed by atoms with Crippen LogP contribution in [0.25, 0.3) is 0 Å². The molecule has 1 unspecified atom stereocenters. The Morgan fingerprint density at radius 1 is 1.40 bits per heavy atom. The minimum atomic E-state index is 0. The third kappa shape index (κ3) is 4.39. The van der Waals surface area contributed by atoms with Crippen LogP contribution in [0.2, 0.25) is 0 Å². The van der Waals surface area contributed by atoms with Gasteiger partial charge in [0.25, 0.3) is 0 Å². The van der Waals surface area contributed by atoms with E-state index in [0.29, 0.717) is 12.5 Å². The highest BCUT2D eigenvalue weighted by Crippen LogP contribution is 2.25. The summed E-state index contributed by atoms with van der Waals surface area (Å²) in [5.74, 6) is 0.652. The van der Waals surface area contributed by atoms with Crippen molar-refractivity contribution < 1.29 is 9.53 Å². The van der Waals surface area contributed by atoms with Gasteiger partial charge in [-0.1, -0.05) is 6.92 Å². The highest BCUT2D eigenvalue weighted by Gasteiger charge is 2.28. The molecule has 0 amide bonds. The highest BCUT2D eigenvalue weighted by atomic mass is 35.5. The topological polar surface area (TPSA) is 38.3 Å². The minimum Gasteiger partial charge on any atom is -0.466 e. The van der Waals surface area contributed by atoms with E-state index in [2.05, 4.69) is 12.2 Å². The van der Waals surface area contributed by atoms with Crippen molar-refractivity contribution >= 4 is 18.4 Å². The number of nitrogens with one attached hydrogen (secondary N) is 1. The van der Waals surface area contributed by atoms with E-state index >= 15 is 0 Å². The van der Waals surface area contributed by atoms with E-state index in [4.69, 9.17) is 4.74 Å². The molecule has 0 aromatic carbocycles. The van der Waals surface area contributed by atoms with E-state index in [1.54, 1.807) is 0 Å². The first-order valence-electron chi connectivity index (χ1n) is 5.66. The van der Waals surface area contributed by atoms with Crippen LogP contribution in [-0.2, 0) is 9.53 Å². The monoisotopic (exact) mass is 235 g/mol. The third-order valence-electron chi connectivity index (χ3n) is 2.98. The second-order valence-corrected chi connectivity index (χ2v) is 3.85. The fraction of sp³-hybridized carbons (Fsp3) is 0.909. The highest BCUT2D eigenvalue weighted by molar-refractivity contribution is 5.85. The Labute approximate surface area is 98.4 Å². The Kier molecular flexibility index (Phi) is 7.79. The van der Waals surface area contributed by atoms with Crippen molar-refractivity contribution in [2.24, 2.45) is 11.8 Å². The van der Waals surface area contributed by atoms with Crippen LogP contribution in [0.5, 0.6) is 0 Å². The van der Waals surface area contributed by atoms with Gasteiger partial charge < -0.3 is 10.1 Å². The van der Waals surface area contributed by atoms with Gasteiger partial charge in [0.1, 0.15) is 0 Å². The molecule has 1 atom stereocenters. The van der Waals surface area contributed by atoms with Gasteiger partial charge in [0.15, 0.2) is 0 Å². The molecule has 0 radical (unpaired) electrons. The van der Waals surface area contributed by atoms with Gasteiger partial charge in [-0.15, -0.1) is 12.4 Å². The van der Waals surface area contributed by atoms with Gasteiger partial charge in [-0.25, -0.2) is 0 Å². The zero-order valence-electron chi connectivity index (χ0n) is 9.62. The fourth-order valence-corrected chi connectivity index (χ4v) is 2.19. The van der Waals surface area contributed by atoms with Crippen LogP contribution >= 0.6 is 12.4 Å². The SMILES string of the molecule is CCOC(=O)C(CC)C1CCNCC1.Cl. The quantitative estimate of drug-likeness (QED) is 0.758. The molecule has 1 fully saturated rings. The van der Waals surface area contributed by atoms with Gasteiger partial charge in [-0.3, -0.25) is 4.79 Å². The molecule has 4 heteroatoms. The lowest BCUT2D eigenvalue weighted by Gasteiger charge is -2.28. The van der Waals surface area contributed by atoms with Crippen LogP contribution in [0.4, 0.5) is 0 Å². The molecule has 1 aliphatic rings. The van der Waals surface area contributed by atoms with Crippen molar-refractivity contribution in [3.8, 4) is 0 Å². The molecule has 1 N–H and O–H groups in total. The number of esters is 1. The third-order valence-corrected chi connectivity index (χ3v) is 2.98. The van der Waals surface area contributed by atoms with Crippen molar-refractivity contribution in [2.75, 3.05) is 19.7 Å². The van der Waals surface area contributed by atoms with Crippen LogP contribution in [-0.4, -0.2) is 25.7 Å². The van der Waals surface area contributed by atoms with E-state index in [0.717, 1.165) is 32.4 Å². The molecular weight excluding hydrogens is 214 g/mol. The van der Waals surface area contributed by atoms with Gasteiger partial charge in [0, 0.05) is 0 Å². The van der Waals surface area contributed by atoms with Crippen molar-refractivity contribution in [1.82, 2.24) is 5.32 Å². The molecule has 0 aliphatic carbocycles. The molecule has 15 heavy (non-hydrogen) atoms. The maximum absolute atomic E-state index is 11.6. The number of halogens is 1. The van der Waals surface area contributed by atoms with Crippen LogP contribution in [0, 0.1) is 11.8 Å². The van der Waals surface area contributed by atoms with Crippen LogP contribution in [0.15, 0.2) is 0 Å². The van der Waals surface area contributed by atoms with Crippen molar-refractivity contribution in [3.05, 3.63) is 0 Å². The van der Waals surface area contributed by atoms with Crippen LogP contribution in [0.3, 0.4) is 0 Å². The molecule has 90 valence electrons. The number of hydrogen-bond donors (Lipinski definition) is 1. The lowest BCUT2D eigenvalue weighted by molar-refractivity contribution is -0.150. The summed E-state index contributed by atoms with van der Waals surface area (Å²) in [5.41, 5.74) is 0. The molecule has 0 bridgehead atoms.